The lowest BCUT2D eigenvalue weighted by molar-refractivity contribution is -0.135. The molecule has 0 bridgehead atoms. The van der Waals surface area contributed by atoms with E-state index in [1.54, 1.807) is 18.7 Å². The SMILES string of the molecule is CC(c1c(Cl)ccc(F)c1Cl)c1c[nH]c2ncc(C3=CCN(C(=O)C(C)(C)N)CC3)cc12. The number of aromatic amines is 1. The number of nitrogens with two attached hydrogens (primary N) is 1. The highest BCUT2D eigenvalue weighted by Crippen LogP contribution is 2.39. The number of carbonyl (C=O) groups excluding carboxylic acids is 1. The Kier molecular flexibility index (Phi) is 6.05. The molecule has 3 heterocycles. The Morgan fingerprint density at radius 2 is 2.09 bits per heavy atom. The number of hydrogen-bond acceptors (Lipinski definition) is 3. The van der Waals surface area contributed by atoms with Crippen molar-refractivity contribution >= 4 is 45.7 Å². The van der Waals surface area contributed by atoms with Gasteiger partial charge in [-0.05, 0) is 60.7 Å². The summed E-state index contributed by atoms with van der Waals surface area (Å²) < 4.78 is 14.1. The molecule has 2 aromatic heterocycles. The zero-order valence-corrected chi connectivity index (χ0v) is 19.7. The van der Waals surface area contributed by atoms with E-state index in [0.29, 0.717) is 30.1 Å². The summed E-state index contributed by atoms with van der Waals surface area (Å²) >= 11 is 12.6. The van der Waals surface area contributed by atoms with Crippen LogP contribution in [0.3, 0.4) is 0 Å². The van der Waals surface area contributed by atoms with Crippen LogP contribution in [0.4, 0.5) is 4.39 Å². The lowest BCUT2D eigenvalue weighted by Gasteiger charge is -2.31. The van der Waals surface area contributed by atoms with Crippen molar-refractivity contribution in [1.29, 1.82) is 0 Å². The third-order valence-corrected chi connectivity index (χ3v) is 6.67. The van der Waals surface area contributed by atoms with Crippen LogP contribution < -0.4 is 5.73 Å². The number of H-pyrrole nitrogens is 1. The molecule has 1 aromatic carbocycles. The van der Waals surface area contributed by atoms with Gasteiger partial charge in [0.05, 0.1) is 10.6 Å². The van der Waals surface area contributed by atoms with Crippen LogP contribution in [0.2, 0.25) is 10.0 Å². The number of pyridine rings is 1. The Hall–Kier alpha value is -2.41. The van der Waals surface area contributed by atoms with Crippen LogP contribution in [0.1, 0.15) is 49.8 Å². The first kappa shape index (κ1) is 22.8. The number of benzene rings is 1. The van der Waals surface area contributed by atoms with Gasteiger partial charge in [0, 0.05) is 41.8 Å². The molecular formula is C24H25Cl2FN4O. The second-order valence-electron chi connectivity index (χ2n) is 8.79. The van der Waals surface area contributed by atoms with E-state index < -0.39 is 11.4 Å². The van der Waals surface area contributed by atoms with E-state index >= 15 is 0 Å². The van der Waals surface area contributed by atoms with Crippen molar-refractivity contribution in [2.45, 2.75) is 38.6 Å². The van der Waals surface area contributed by atoms with E-state index in [4.69, 9.17) is 28.9 Å². The summed E-state index contributed by atoms with van der Waals surface area (Å²) in [6.07, 6.45) is 6.45. The van der Waals surface area contributed by atoms with Gasteiger partial charge in [-0.25, -0.2) is 9.37 Å². The molecule has 0 radical (unpaired) electrons. The number of nitrogens with zero attached hydrogens (tertiary/aromatic N) is 2. The predicted molar refractivity (Wildman–Crippen MR) is 127 cm³/mol. The number of carbonyl (C=O) groups is 1. The Labute approximate surface area is 196 Å². The van der Waals surface area contributed by atoms with Crippen molar-refractivity contribution in [3.8, 4) is 0 Å². The number of fused-ring (bicyclic) bond motifs is 1. The molecule has 1 amide bonds. The van der Waals surface area contributed by atoms with Crippen molar-refractivity contribution < 1.29 is 9.18 Å². The molecule has 5 nitrogen and oxygen atoms in total. The first-order valence-electron chi connectivity index (χ1n) is 10.5. The molecule has 0 saturated heterocycles. The maximum Gasteiger partial charge on any atom is 0.242 e. The third-order valence-electron chi connectivity index (χ3n) is 5.96. The summed E-state index contributed by atoms with van der Waals surface area (Å²) in [4.78, 5) is 22.0. The van der Waals surface area contributed by atoms with Crippen molar-refractivity contribution in [3.05, 3.63) is 69.2 Å². The van der Waals surface area contributed by atoms with Gasteiger partial charge in [0.1, 0.15) is 11.5 Å². The van der Waals surface area contributed by atoms with Crippen LogP contribution in [0, 0.1) is 5.82 Å². The van der Waals surface area contributed by atoms with E-state index in [9.17, 15) is 9.18 Å². The highest BCUT2D eigenvalue weighted by atomic mass is 35.5. The minimum Gasteiger partial charge on any atom is -0.346 e. The lowest BCUT2D eigenvalue weighted by atomic mass is 9.91. The van der Waals surface area contributed by atoms with E-state index in [1.165, 1.54) is 12.1 Å². The lowest BCUT2D eigenvalue weighted by Crippen LogP contribution is -2.52. The van der Waals surface area contributed by atoms with Crippen molar-refractivity contribution in [2.24, 2.45) is 5.73 Å². The molecule has 0 aliphatic carbocycles. The van der Waals surface area contributed by atoms with Gasteiger partial charge in [-0.15, -0.1) is 0 Å². The van der Waals surface area contributed by atoms with Gasteiger partial charge >= 0.3 is 0 Å². The minimum atomic E-state index is -0.887. The molecule has 0 fully saturated rings. The van der Waals surface area contributed by atoms with Gasteiger partial charge in [-0.3, -0.25) is 4.79 Å². The summed E-state index contributed by atoms with van der Waals surface area (Å²) in [5, 5.41) is 1.38. The van der Waals surface area contributed by atoms with Gasteiger partial charge in [0.2, 0.25) is 5.91 Å². The molecule has 3 aromatic rings. The zero-order chi connectivity index (χ0) is 23.2. The molecule has 1 aliphatic rings. The summed E-state index contributed by atoms with van der Waals surface area (Å²) in [5.74, 6) is -0.799. The quantitative estimate of drug-likeness (QED) is 0.489. The summed E-state index contributed by atoms with van der Waals surface area (Å²) in [6.45, 7) is 6.50. The van der Waals surface area contributed by atoms with E-state index in [0.717, 1.165) is 27.7 Å². The van der Waals surface area contributed by atoms with E-state index in [1.807, 2.05) is 25.4 Å². The molecule has 168 valence electrons. The number of hydrogen-bond donors (Lipinski definition) is 2. The van der Waals surface area contributed by atoms with Crippen LogP contribution in [0.25, 0.3) is 16.6 Å². The van der Waals surface area contributed by atoms with Gasteiger partial charge < -0.3 is 15.6 Å². The molecule has 8 heteroatoms. The first-order chi connectivity index (χ1) is 15.1. The Balaban J connectivity index is 1.67. The third kappa shape index (κ3) is 4.15. The summed E-state index contributed by atoms with van der Waals surface area (Å²) in [7, 11) is 0. The summed E-state index contributed by atoms with van der Waals surface area (Å²) in [6, 6.07) is 4.86. The predicted octanol–water partition coefficient (Wildman–Crippen LogP) is 5.51. The van der Waals surface area contributed by atoms with Crippen LogP contribution in [0.5, 0.6) is 0 Å². The first-order valence-corrected chi connectivity index (χ1v) is 11.2. The molecule has 3 N–H and O–H groups in total. The Morgan fingerprint density at radius 3 is 2.75 bits per heavy atom. The largest absolute Gasteiger partial charge is 0.346 e. The highest BCUT2D eigenvalue weighted by Gasteiger charge is 2.29. The van der Waals surface area contributed by atoms with E-state index in [-0.39, 0.29) is 16.8 Å². The number of amides is 1. The van der Waals surface area contributed by atoms with Crippen molar-refractivity contribution in [2.75, 3.05) is 13.1 Å². The van der Waals surface area contributed by atoms with Crippen LogP contribution >= 0.6 is 23.2 Å². The standard InChI is InChI=1S/C24H25Cl2FN4O/c1-13(20-18(25)4-5-19(27)21(20)26)17-12-30-22-16(17)10-15(11-29-22)14-6-8-31(9-7-14)23(32)24(2,3)28/h4-6,10-13H,7-9,28H2,1-3H3,(H,29,30). The molecule has 0 saturated carbocycles. The average Bonchev–Trinajstić information content (AvgIpc) is 3.19. The number of nitrogens with one attached hydrogen (secondary N) is 1. The molecule has 1 unspecified atom stereocenters. The second kappa shape index (κ2) is 8.50. The molecule has 4 rings (SSSR count). The zero-order valence-electron chi connectivity index (χ0n) is 18.2. The molecule has 32 heavy (non-hydrogen) atoms. The monoisotopic (exact) mass is 474 g/mol. The van der Waals surface area contributed by atoms with Crippen LogP contribution in [0.15, 0.2) is 36.7 Å². The Bertz CT molecular complexity index is 1230. The maximum atomic E-state index is 14.1. The minimum absolute atomic E-state index is 0.0334. The van der Waals surface area contributed by atoms with Crippen molar-refractivity contribution in [1.82, 2.24) is 14.9 Å². The van der Waals surface area contributed by atoms with Gasteiger partial charge in [-0.1, -0.05) is 36.2 Å². The van der Waals surface area contributed by atoms with Gasteiger partial charge in [0.25, 0.3) is 0 Å². The normalized spacial score (nSPS) is 15.7. The van der Waals surface area contributed by atoms with Crippen LogP contribution in [-0.2, 0) is 4.79 Å². The van der Waals surface area contributed by atoms with E-state index in [2.05, 4.69) is 16.0 Å². The average molecular weight is 475 g/mol. The second-order valence-corrected chi connectivity index (χ2v) is 9.58. The Morgan fingerprint density at radius 1 is 1.34 bits per heavy atom. The molecule has 1 atom stereocenters. The molecule has 1 aliphatic heterocycles. The smallest absolute Gasteiger partial charge is 0.242 e. The van der Waals surface area contributed by atoms with Crippen LogP contribution in [-0.4, -0.2) is 39.4 Å². The maximum absolute atomic E-state index is 14.1. The fraction of sp³-hybridized carbons (Fsp3) is 0.333. The summed E-state index contributed by atoms with van der Waals surface area (Å²) in [5.41, 5.74) is 9.40. The number of aromatic nitrogens is 2. The fourth-order valence-corrected chi connectivity index (χ4v) is 4.87. The topological polar surface area (TPSA) is 75.0 Å². The molecule has 0 spiro atoms. The van der Waals surface area contributed by atoms with Crippen molar-refractivity contribution in [3.63, 3.8) is 0 Å². The van der Waals surface area contributed by atoms with Gasteiger partial charge in [-0.2, -0.15) is 0 Å². The van der Waals surface area contributed by atoms with Gasteiger partial charge in [0.15, 0.2) is 0 Å². The number of rotatable bonds is 4. The highest BCUT2D eigenvalue weighted by molar-refractivity contribution is 6.36. The number of halogens is 3. The fourth-order valence-electron chi connectivity index (χ4n) is 4.18. The molecular weight excluding hydrogens is 450 g/mol.